The van der Waals surface area contributed by atoms with Gasteiger partial charge in [0.15, 0.2) is 0 Å². The first-order valence-electron chi connectivity index (χ1n) is 11.1. The van der Waals surface area contributed by atoms with Gasteiger partial charge in [-0.05, 0) is 38.4 Å². The lowest BCUT2D eigenvalue weighted by Gasteiger charge is -2.18. The number of carboxylic acids is 1. The molecule has 0 saturated heterocycles. The molecule has 1 aromatic heterocycles. The van der Waals surface area contributed by atoms with E-state index < -0.39 is 16.9 Å². The third-order valence-corrected chi connectivity index (χ3v) is 5.54. The molecule has 3 rings (SSSR count). The highest BCUT2D eigenvalue weighted by molar-refractivity contribution is 6.06. The second-order valence-corrected chi connectivity index (χ2v) is 8.23. The number of aromatic carboxylic acids is 1. The van der Waals surface area contributed by atoms with Crippen molar-refractivity contribution in [1.82, 2.24) is 9.88 Å². The second kappa shape index (κ2) is 11.3. The molecule has 2 aromatic carbocycles. The molecule has 0 saturated carbocycles. The van der Waals surface area contributed by atoms with Crippen LogP contribution in [-0.2, 0) is 11.3 Å². The number of nitro benzene ring substituents is 1. The molecule has 0 atom stereocenters. The predicted molar refractivity (Wildman–Crippen MR) is 130 cm³/mol. The lowest BCUT2D eigenvalue weighted by Crippen LogP contribution is -2.21. The van der Waals surface area contributed by atoms with Gasteiger partial charge in [-0.25, -0.2) is 9.59 Å². The molecule has 9 nitrogen and oxygen atoms in total. The van der Waals surface area contributed by atoms with Crippen molar-refractivity contribution in [3.05, 3.63) is 92.8 Å². The molecule has 0 unspecified atom stereocenters. The first-order chi connectivity index (χ1) is 16.7. The van der Waals surface area contributed by atoms with Gasteiger partial charge in [0.2, 0.25) is 0 Å². The number of rotatable bonds is 10. The molecular formula is C26H27N3O6. The maximum absolute atomic E-state index is 13.1. The van der Waals surface area contributed by atoms with Gasteiger partial charge in [0.1, 0.15) is 0 Å². The van der Waals surface area contributed by atoms with Gasteiger partial charge in [-0.1, -0.05) is 42.5 Å². The normalized spacial score (nSPS) is 10.9. The molecule has 182 valence electrons. The van der Waals surface area contributed by atoms with Crippen LogP contribution in [-0.4, -0.2) is 52.1 Å². The molecule has 35 heavy (non-hydrogen) atoms. The number of benzene rings is 2. The summed E-state index contributed by atoms with van der Waals surface area (Å²) in [5, 5.41) is 21.1. The van der Waals surface area contributed by atoms with Crippen LogP contribution >= 0.6 is 0 Å². The highest BCUT2D eigenvalue weighted by Crippen LogP contribution is 2.33. The Bertz CT molecular complexity index is 1240. The number of ether oxygens (including phenoxy) is 1. The summed E-state index contributed by atoms with van der Waals surface area (Å²) in [6, 6.07) is 15.5. The minimum Gasteiger partial charge on any atom is -0.478 e. The Morgan fingerprint density at radius 2 is 1.74 bits per heavy atom. The van der Waals surface area contributed by atoms with E-state index in [0.717, 1.165) is 6.54 Å². The van der Waals surface area contributed by atoms with E-state index in [-0.39, 0.29) is 40.2 Å². The fourth-order valence-corrected chi connectivity index (χ4v) is 3.97. The topological polar surface area (TPSA) is 123 Å². The van der Waals surface area contributed by atoms with Crippen molar-refractivity contribution >= 4 is 17.6 Å². The highest BCUT2D eigenvalue weighted by atomic mass is 16.6. The summed E-state index contributed by atoms with van der Waals surface area (Å²) in [6.07, 6.45) is 0.575. The minimum absolute atomic E-state index is 0.00821. The van der Waals surface area contributed by atoms with Crippen LogP contribution in [0.4, 0.5) is 5.69 Å². The van der Waals surface area contributed by atoms with E-state index in [1.165, 1.54) is 36.8 Å². The zero-order chi connectivity index (χ0) is 25.5. The molecule has 0 aliphatic carbocycles. The summed E-state index contributed by atoms with van der Waals surface area (Å²) in [7, 11) is 1.97. The molecule has 0 aliphatic rings. The number of hydrogen-bond donors (Lipinski definition) is 1. The number of aromatic nitrogens is 1. The van der Waals surface area contributed by atoms with Crippen molar-refractivity contribution in [2.45, 2.75) is 26.8 Å². The molecular weight excluding hydrogens is 450 g/mol. The lowest BCUT2D eigenvalue weighted by molar-refractivity contribution is -0.384. The second-order valence-electron chi connectivity index (χ2n) is 8.23. The zero-order valence-electron chi connectivity index (χ0n) is 19.9. The fraction of sp³-hybridized carbons (Fsp3) is 0.269. The standard InChI is InChI=1S/C26H27N3O6/c1-17-22(25(30)31)24(20-11-7-12-21(15-20)29(33)34)23(18(2)27-17)26(32)35-14-8-13-28(3)16-19-9-5-4-6-10-19/h4-7,9-12,15H,8,13-14,16H2,1-3H3,(H,30,31). The Labute approximate surface area is 203 Å². The Morgan fingerprint density at radius 1 is 1.06 bits per heavy atom. The fourth-order valence-electron chi connectivity index (χ4n) is 3.97. The van der Waals surface area contributed by atoms with Gasteiger partial charge in [0.25, 0.3) is 5.69 Å². The number of nitrogens with zero attached hydrogens (tertiary/aromatic N) is 3. The average Bonchev–Trinajstić information content (AvgIpc) is 2.81. The van der Waals surface area contributed by atoms with Crippen molar-refractivity contribution in [1.29, 1.82) is 0 Å². The molecule has 0 aliphatic heterocycles. The van der Waals surface area contributed by atoms with Gasteiger partial charge < -0.3 is 14.7 Å². The number of carbonyl (C=O) groups is 2. The Balaban J connectivity index is 1.82. The smallest absolute Gasteiger partial charge is 0.340 e. The van der Waals surface area contributed by atoms with E-state index in [9.17, 15) is 24.8 Å². The molecule has 0 bridgehead atoms. The Hall–Kier alpha value is -4.11. The first-order valence-corrected chi connectivity index (χ1v) is 11.1. The van der Waals surface area contributed by atoms with E-state index in [1.807, 2.05) is 37.4 Å². The van der Waals surface area contributed by atoms with Crippen LogP contribution in [0.5, 0.6) is 0 Å². The van der Waals surface area contributed by atoms with Gasteiger partial charge in [-0.15, -0.1) is 0 Å². The summed E-state index contributed by atoms with van der Waals surface area (Å²) >= 11 is 0. The molecule has 9 heteroatoms. The van der Waals surface area contributed by atoms with Gasteiger partial charge in [0, 0.05) is 30.8 Å². The molecule has 0 amide bonds. The summed E-state index contributed by atoms with van der Waals surface area (Å²) in [4.78, 5) is 42.2. The van der Waals surface area contributed by atoms with Crippen molar-refractivity contribution < 1.29 is 24.4 Å². The molecule has 0 radical (unpaired) electrons. The Kier molecular flexibility index (Phi) is 8.27. The van der Waals surface area contributed by atoms with Crippen molar-refractivity contribution in [2.24, 2.45) is 0 Å². The molecule has 0 fully saturated rings. The van der Waals surface area contributed by atoms with Crippen LogP contribution in [0.25, 0.3) is 11.1 Å². The van der Waals surface area contributed by atoms with Crippen LogP contribution in [0.3, 0.4) is 0 Å². The van der Waals surface area contributed by atoms with Crippen LogP contribution in [0.15, 0.2) is 54.6 Å². The lowest BCUT2D eigenvalue weighted by atomic mass is 9.92. The molecule has 0 spiro atoms. The van der Waals surface area contributed by atoms with Gasteiger partial charge in [-0.2, -0.15) is 0 Å². The average molecular weight is 478 g/mol. The number of aryl methyl sites for hydroxylation is 2. The SMILES string of the molecule is Cc1nc(C)c(C(=O)OCCCN(C)Cc2ccccc2)c(-c2cccc([N+](=O)[O-])c2)c1C(=O)O. The number of carboxylic acid groups (broad SMARTS) is 1. The zero-order valence-corrected chi connectivity index (χ0v) is 19.9. The van der Waals surface area contributed by atoms with E-state index >= 15 is 0 Å². The number of non-ortho nitro benzene ring substituents is 1. The molecule has 3 aromatic rings. The summed E-state index contributed by atoms with van der Waals surface area (Å²) in [5.74, 6) is -2.00. The van der Waals surface area contributed by atoms with Crippen LogP contribution in [0, 0.1) is 24.0 Å². The van der Waals surface area contributed by atoms with Crippen molar-refractivity contribution in [3.63, 3.8) is 0 Å². The van der Waals surface area contributed by atoms with Gasteiger partial charge in [-0.3, -0.25) is 15.1 Å². The van der Waals surface area contributed by atoms with Gasteiger partial charge >= 0.3 is 11.9 Å². The number of pyridine rings is 1. The number of carbonyl (C=O) groups excluding carboxylic acids is 1. The number of nitro groups is 1. The van der Waals surface area contributed by atoms with Crippen LogP contribution in [0.1, 0.15) is 44.1 Å². The van der Waals surface area contributed by atoms with Crippen molar-refractivity contribution in [2.75, 3.05) is 20.2 Å². The first kappa shape index (κ1) is 25.5. The largest absolute Gasteiger partial charge is 0.478 e. The van der Waals surface area contributed by atoms with E-state index in [4.69, 9.17) is 4.74 Å². The van der Waals surface area contributed by atoms with Gasteiger partial charge in [0.05, 0.1) is 34.0 Å². The maximum Gasteiger partial charge on any atom is 0.340 e. The van der Waals surface area contributed by atoms with E-state index in [1.54, 1.807) is 6.92 Å². The summed E-state index contributed by atoms with van der Waals surface area (Å²) in [6.45, 7) is 4.68. The van der Waals surface area contributed by atoms with Crippen LogP contribution < -0.4 is 0 Å². The molecule has 1 heterocycles. The van der Waals surface area contributed by atoms with Crippen LogP contribution in [0.2, 0.25) is 0 Å². The summed E-state index contributed by atoms with van der Waals surface area (Å²) in [5.41, 5.74) is 1.56. The number of esters is 1. The maximum atomic E-state index is 13.1. The number of hydrogen-bond acceptors (Lipinski definition) is 7. The Morgan fingerprint density at radius 3 is 2.40 bits per heavy atom. The highest BCUT2D eigenvalue weighted by Gasteiger charge is 2.27. The molecule has 1 N–H and O–H groups in total. The summed E-state index contributed by atoms with van der Waals surface area (Å²) < 4.78 is 5.49. The monoisotopic (exact) mass is 477 g/mol. The third kappa shape index (κ3) is 6.27. The third-order valence-electron chi connectivity index (χ3n) is 5.54. The van der Waals surface area contributed by atoms with E-state index in [2.05, 4.69) is 9.88 Å². The predicted octanol–water partition coefficient (Wildman–Crippen LogP) is 4.65. The van der Waals surface area contributed by atoms with E-state index in [0.29, 0.717) is 18.7 Å². The minimum atomic E-state index is -1.28. The van der Waals surface area contributed by atoms with Crippen molar-refractivity contribution in [3.8, 4) is 11.1 Å². The quantitative estimate of drug-likeness (QED) is 0.194.